The van der Waals surface area contributed by atoms with Crippen molar-refractivity contribution < 1.29 is 4.79 Å². The van der Waals surface area contributed by atoms with Crippen molar-refractivity contribution in [1.29, 1.82) is 0 Å². The number of carbonyl (C=O) groups excluding carboxylic acids is 1. The minimum atomic E-state index is -0.186. The Morgan fingerprint density at radius 1 is 1.12 bits per heavy atom. The van der Waals surface area contributed by atoms with E-state index in [-0.39, 0.29) is 11.7 Å². The summed E-state index contributed by atoms with van der Waals surface area (Å²) in [5.41, 5.74) is 4.46. The van der Waals surface area contributed by atoms with E-state index >= 15 is 0 Å². The van der Waals surface area contributed by atoms with Crippen molar-refractivity contribution in [2.24, 2.45) is 5.10 Å². The first-order chi connectivity index (χ1) is 12.8. The van der Waals surface area contributed by atoms with Crippen LogP contribution in [-0.2, 0) is 11.3 Å². The van der Waals surface area contributed by atoms with E-state index in [1.165, 1.54) is 11.8 Å². The first-order valence-electron chi connectivity index (χ1n) is 8.26. The van der Waals surface area contributed by atoms with Crippen LogP contribution in [0.15, 0.2) is 70.9 Å². The summed E-state index contributed by atoms with van der Waals surface area (Å²) in [6, 6.07) is 19.5. The van der Waals surface area contributed by atoms with Crippen molar-refractivity contribution in [3.05, 3.63) is 66.2 Å². The maximum absolute atomic E-state index is 12.0. The largest absolute Gasteiger partial charge is 0.302 e. The lowest BCUT2D eigenvalue weighted by Gasteiger charge is -2.06. The van der Waals surface area contributed by atoms with E-state index in [1.54, 1.807) is 6.21 Å². The van der Waals surface area contributed by atoms with E-state index in [2.05, 4.69) is 20.7 Å². The molecule has 0 radical (unpaired) electrons. The summed E-state index contributed by atoms with van der Waals surface area (Å²) < 4.78 is 2.00. The second kappa shape index (κ2) is 8.96. The molecule has 26 heavy (non-hydrogen) atoms. The Morgan fingerprint density at radius 3 is 2.50 bits per heavy atom. The fraction of sp³-hybridized carbons (Fsp3) is 0.158. The number of benzene rings is 2. The zero-order valence-corrected chi connectivity index (χ0v) is 15.2. The Balaban J connectivity index is 1.58. The monoisotopic (exact) mass is 365 g/mol. The van der Waals surface area contributed by atoms with Crippen LogP contribution in [-0.4, -0.2) is 32.6 Å². The van der Waals surface area contributed by atoms with Crippen molar-refractivity contribution in [2.75, 3.05) is 5.75 Å². The molecular formula is C19H19N5OS. The number of rotatable bonds is 7. The molecule has 1 heterocycles. The number of thioether (sulfide) groups is 1. The van der Waals surface area contributed by atoms with Gasteiger partial charge >= 0.3 is 0 Å². The topological polar surface area (TPSA) is 72.2 Å². The predicted octanol–water partition coefficient (Wildman–Crippen LogP) is 3.21. The molecule has 0 fully saturated rings. The van der Waals surface area contributed by atoms with E-state index in [0.717, 1.165) is 23.5 Å². The maximum Gasteiger partial charge on any atom is 0.250 e. The Labute approximate surface area is 156 Å². The highest BCUT2D eigenvalue weighted by atomic mass is 32.2. The van der Waals surface area contributed by atoms with E-state index < -0.39 is 0 Å². The summed E-state index contributed by atoms with van der Waals surface area (Å²) in [5, 5.41) is 13.2. The summed E-state index contributed by atoms with van der Waals surface area (Å²) in [7, 11) is 0. The molecule has 0 bridgehead atoms. The normalized spacial score (nSPS) is 11.0. The lowest BCUT2D eigenvalue weighted by Crippen LogP contribution is -2.20. The lowest BCUT2D eigenvalue weighted by molar-refractivity contribution is -0.118. The van der Waals surface area contributed by atoms with Crippen LogP contribution in [0.25, 0.3) is 11.4 Å². The fourth-order valence-corrected chi connectivity index (χ4v) is 3.16. The summed E-state index contributed by atoms with van der Waals surface area (Å²) in [6.07, 6.45) is 1.62. The van der Waals surface area contributed by atoms with Crippen molar-refractivity contribution in [1.82, 2.24) is 20.2 Å². The molecule has 1 amide bonds. The summed E-state index contributed by atoms with van der Waals surface area (Å²) in [4.78, 5) is 12.0. The van der Waals surface area contributed by atoms with Crippen LogP contribution in [0.1, 0.15) is 12.5 Å². The molecule has 3 rings (SSSR count). The SMILES string of the molecule is CCn1c(SCC(=O)N/N=C/c2ccccc2)nnc1-c1ccccc1. The number of hydrogen-bond donors (Lipinski definition) is 1. The van der Waals surface area contributed by atoms with Gasteiger partial charge in [-0.05, 0) is 12.5 Å². The first kappa shape index (κ1) is 17.9. The third-order valence-electron chi connectivity index (χ3n) is 3.60. The number of nitrogens with zero attached hydrogens (tertiary/aromatic N) is 4. The summed E-state index contributed by atoms with van der Waals surface area (Å²) in [5.74, 6) is 0.839. The molecule has 1 N–H and O–H groups in total. The van der Waals surface area contributed by atoms with Gasteiger partial charge in [-0.15, -0.1) is 10.2 Å². The van der Waals surface area contributed by atoms with Gasteiger partial charge in [0.1, 0.15) is 0 Å². The molecule has 0 atom stereocenters. The maximum atomic E-state index is 12.0. The van der Waals surface area contributed by atoms with Crippen molar-refractivity contribution in [2.45, 2.75) is 18.6 Å². The highest BCUT2D eigenvalue weighted by Gasteiger charge is 2.14. The molecule has 3 aromatic rings. The van der Waals surface area contributed by atoms with Crippen molar-refractivity contribution in [3.8, 4) is 11.4 Å². The van der Waals surface area contributed by atoms with Gasteiger partial charge in [0.05, 0.1) is 12.0 Å². The van der Waals surface area contributed by atoms with Crippen molar-refractivity contribution >= 4 is 23.9 Å². The second-order valence-corrected chi connectivity index (χ2v) is 6.35. The van der Waals surface area contributed by atoms with Gasteiger partial charge in [-0.25, -0.2) is 5.43 Å². The minimum Gasteiger partial charge on any atom is -0.302 e. The van der Waals surface area contributed by atoms with E-state index in [0.29, 0.717) is 5.16 Å². The molecule has 0 unspecified atom stereocenters. The molecule has 1 aromatic heterocycles. The third kappa shape index (κ3) is 4.58. The Kier molecular flexibility index (Phi) is 6.16. The molecule has 6 nitrogen and oxygen atoms in total. The van der Waals surface area contributed by atoms with E-state index in [1.807, 2.05) is 72.2 Å². The van der Waals surface area contributed by atoms with Gasteiger partial charge in [-0.2, -0.15) is 5.10 Å². The number of nitrogens with one attached hydrogen (secondary N) is 1. The van der Waals surface area contributed by atoms with Crippen LogP contribution < -0.4 is 5.43 Å². The van der Waals surface area contributed by atoms with Crippen LogP contribution in [0.2, 0.25) is 0 Å². The second-order valence-electron chi connectivity index (χ2n) is 5.41. The van der Waals surface area contributed by atoms with Gasteiger partial charge in [-0.1, -0.05) is 72.4 Å². The molecule has 2 aromatic carbocycles. The third-order valence-corrected chi connectivity index (χ3v) is 4.57. The standard InChI is InChI=1S/C19H19N5OS/c1-2-24-18(16-11-7-4-8-12-16)22-23-19(24)26-14-17(25)21-20-13-15-9-5-3-6-10-15/h3-13H,2,14H2,1H3,(H,21,25)/b20-13+. The number of carbonyl (C=O) groups is 1. The zero-order valence-electron chi connectivity index (χ0n) is 14.4. The summed E-state index contributed by atoms with van der Waals surface area (Å²) >= 11 is 1.34. The Hall–Kier alpha value is -2.93. The molecule has 7 heteroatoms. The summed E-state index contributed by atoms with van der Waals surface area (Å²) in [6.45, 7) is 2.76. The van der Waals surface area contributed by atoms with Gasteiger partial charge in [0.15, 0.2) is 11.0 Å². The molecule has 0 saturated carbocycles. The highest BCUT2D eigenvalue weighted by Crippen LogP contribution is 2.23. The number of hydrogen-bond acceptors (Lipinski definition) is 5. The Morgan fingerprint density at radius 2 is 1.81 bits per heavy atom. The lowest BCUT2D eigenvalue weighted by atomic mass is 10.2. The van der Waals surface area contributed by atoms with Gasteiger partial charge in [0.2, 0.25) is 0 Å². The van der Waals surface area contributed by atoms with E-state index in [9.17, 15) is 4.79 Å². The first-order valence-corrected chi connectivity index (χ1v) is 9.25. The smallest absolute Gasteiger partial charge is 0.250 e. The van der Waals surface area contributed by atoms with E-state index in [4.69, 9.17) is 0 Å². The predicted molar refractivity (Wildman–Crippen MR) is 104 cm³/mol. The van der Waals surface area contributed by atoms with Crippen LogP contribution in [0, 0.1) is 0 Å². The van der Waals surface area contributed by atoms with Gasteiger partial charge < -0.3 is 4.57 Å². The molecule has 0 aliphatic rings. The molecule has 0 aliphatic heterocycles. The Bertz CT molecular complexity index is 877. The van der Waals surface area contributed by atoms with Crippen molar-refractivity contribution in [3.63, 3.8) is 0 Å². The average Bonchev–Trinajstić information content (AvgIpc) is 3.11. The van der Waals surface area contributed by atoms with Crippen LogP contribution in [0.4, 0.5) is 0 Å². The number of hydrazone groups is 1. The van der Waals surface area contributed by atoms with Crippen LogP contribution in [0.3, 0.4) is 0 Å². The van der Waals surface area contributed by atoms with Crippen LogP contribution >= 0.6 is 11.8 Å². The molecular weight excluding hydrogens is 346 g/mol. The van der Waals surface area contributed by atoms with Gasteiger partial charge in [0.25, 0.3) is 5.91 Å². The molecule has 0 spiro atoms. The number of aromatic nitrogens is 3. The van der Waals surface area contributed by atoms with Gasteiger partial charge in [0, 0.05) is 12.1 Å². The quantitative estimate of drug-likeness (QED) is 0.396. The minimum absolute atomic E-state index is 0.186. The molecule has 132 valence electrons. The van der Waals surface area contributed by atoms with Gasteiger partial charge in [-0.3, -0.25) is 4.79 Å². The van der Waals surface area contributed by atoms with Crippen LogP contribution in [0.5, 0.6) is 0 Å². The average molecular weight is 365 g/mol. The number of amides is 1. The highest BCUT2D eigenvalue weighted by molar-refractivity contribution is 7.99. The fourth-order valence-electron chi connectivity index (χ4n) is 2.36. The molecule has 0 saturated heterocycles. The zero-order chi connectivity index (χ0) is 18.2. The molecule has 0 aliphatic carbocycles.